The molecule has 5 rings (SSSR count). The number of methoxy groups -OCH3 is 1. The summed E-state index contributed by atoms with van der Waals surface area (Å²) in [7, 11) is 0.209. The smallest absolute Gasteiger partial charge is 0.337 e. The molecule has 2 aromatic carbocycles. The Bertz CT molecular complexity index is 1260. The van der Waals surface area contributed by atoms with E-state index in [4.69, 9.17) is 14.7 Å². The highest BCUT2D eigenvalue weighted by molar-refractivity contribution is 7.85. The second-order valence-corrected chi connectivity index (χ2v) is 9.97. The van der Waals surface area contributed by atoms with Gasteiger partial charge in [0.15, 0.2) is 5.82 Å². The van der Waals surface area contributed by atoms with Crippen LogP contribution in [0.1, 0.15) is 40.4 Å². The highest BCUT2D eigenvalue weighted by Crippen LogP contribution is 2.34. The van der Waals surface area contributed by atoms with E-state index in [1.54, 1.807) is 18.2 Å². The first-order valence-electron chi connectivity index (χ1n) is 11.3. The molecule has 2 aliphatic rings. The van der Waals surface area contributed by atoms with E-state index in [-0.39, 0.29) is 11.8 Å². The number of aromatic nitrogens is 2. The number of rotatable bonds is 5. The first-order chi connectivity index (χ1) is 16.5. The highest BCUT2D eigenvalue weighted by Gasteiger charge is 2.29. The van der Waals surface area contributed by atoms with Gasteiger partial charge in [-0.1, -0.05) is 18.2 Å². The minimum absolute atomic E-state index is 0.327. The molecule has 0 bridgehead atoms. The number of aryl methyl sites for hydroxylation is 1. The molecule has 1 N–H and O–H groups in total. The molecule has 7 nitrogen and oxygen atoms in total. The fourth-order valence-electron chi connectivity index (χ4n) is 4.56. The number of carbonyl (C=O) groups is 1. The zero-order chi connectivity index (χ0) is 23.7. The average Bonchev–Trinajstić information content (AvgIpc) is 3.24. The monoisotopic (exact) mass is 480 g/mol. The van der Waals surface area contributed by atoms with Gasteiger partial charge in [-0.25, -0.2) is 14.2 Å². The third-order valence-corrected chi connectivity index (χ3v) is 7.78. The van der Waals surface area contributed by atoms with Crippen molar-refractivity contribution in [3.05, 3.63) is 71.2 Å². The molecule has 176 valence electrons. The molecule has 9 heteroatoms. The number of carbonyl (C=O) groups excluding carboxylic acids is 1. The summed E-state index contributed by atoms with van der Waals surface area (Å²) in [6, 6.07) is 13.8. The summed E-state index contributed by atoms with van der Waals surface area (Å²) in [5, 5.41) is 3.16. The zero-order valence-electron chi connectivity index (χ0n) is 18.8. The quantitative estimate of drug-likeness (QED) is 0.548. The number of nitrogens with one attached hydrogen (secondary N) is 1. The van der Waals surface area contributed by atoms with E-state index < -0.39 is 10.8 Å². The largest absolute Gasteiger partial charge is 0.465 e. The third kappa shape index (κ3) is 4.52. The maximum absolute atomic E-state index is 13.7. The lowest BCUT2D eigenvalue weighted by molar-refractivity contribution is 0.0600. The molecule has 0 radical (unpaired) electrons. The van der Waals surface area contributed by atoms with E-state index in [0.717, 1.165) is 37.2 Å². The van der Waals surface area contributed by atoms with E-state index >= 15 is 0 Å². The molecule has 1 aromatic heterocycles. The van der Waals surface area contributed by atoms with Crippen LogP contribution in [0, 0.1) is 5.82 Å². The highest BCUT2D eigenvalue weighted by atomic mass is 32.2. The first-order valence-corrected chi connectivity index (χ1v) is 12.6. The van der Waals surface area contributed by atoms with Crippen molar-refractivity contribution in [1.82, 2.24) is 9.97 Å². The minimum atomic E-state index is -1.18. The molecule has 3 heterocycles. The van der Waals surface area contributed by atoms with Crippen molar-refractivity contribution in [1.29, 1.82) is 0 Å². The third-order valence-electron chi connectivity index (χ3n) is 6.32. The van der Waals surface area contributed by atoms with Crippen LogP contribution in [0.5, 0.6) is 0 Å². The maximum Gasteiger partial charge on any atom is 0.337 e. The van der Waals surface area contributed by atoms with Crippen LogP contribution in [-0.2, 0) is 22.0 Å². The Kier molecular flexibility index (Phi) is 6.28. The van der Waals surface area contributed by atoms with Crippen LogP contribution in [0.3, 0.4) is 0 Å². The normalized spacial score (nSPS) is 17.9. The van der Waals surface area contributed by atoms with Crippen LogP contribution in [0.4, 0.5) is 21.8 Å². The molecular formula is C25H25FN4O3S. The lowest BCUT2D eigenvalue weighted by atomic mass is 9.88. The Hall–Kier alpha value is -3.33. The maximum atomic E-state index is 13.7. The summed E-state index contributed by atoms with van der Waals surface area (Å²) < 4.78 is 31.1. The molecule has 0 spiro atoms. The first kappa shape index (κ1) is 22.5. The molecule has 1 fully saturated rings. The fraction of sp³-hybridized carbons (Fsp3) is 0.320. The van der Waals surface area contributed by atoms with Crippen LogP contribution in [0.2, 0.25) is 0 Å². The molecular weight excluding hydrogens is 455 g/mol. The average molecular weight is 481 g/mol. The number of nitrogens with zero attached hydrogens (tertiary/aromatic N) is 3. The number of hydrogen-bond acceptors (Lipinski definition) is 7. The number of benzene rings is 2. The van der Waals surface area contributed by atoms with Gasteiger partial charge in [-0.2, -0.15) is 4.98 Å². The Balaban J connectivity index is 1.36. The SMILES string of the molecule is COC(=O)c1cccc(C2CCN(c3nc4c(c(Nc5cccc(F)c5)n3)S(=O)CC4)CC2)c1. The van der Waals surface area contributed by atoms with Crippen molar-refractivity contribution in [3.63, 3.8) is 0 Å². The van der Waals surface area contributed by atoms with Crippen LogP contribution in [0.15, 0.2) is 53.4 Å². The number of fused-ring (bicyclic) bond motifs is 1. The Morgan fingerprint density at radius 1 is 1.15 bits per heavy atom. The van der Waals surface area contributed by atoms with E-state index in [2.05, 4.69) is 16.3 Å². The molecule has 0 saturated carbocycles. The Morgan fingerprint density at radius 2 is 1.94 bits per heavy atom. The second-order valence-electron chi connectivity index (χ2n) is 8.46. The van der Waals surface area contributed by atoms with Crippen molar-refractivity contribution in [2.75, 3.05) is 36.2 Å². The molecule has 1 atom stereocenters. The molecule has 34 heavy (non-hydrogen) atoms. The van der Waals surface area contributed by atoms with Crippen LogP contribution in [-0.4, -0.2) is 46.1 Å². The van der Waals surface area contributed by atoms with Crippen LogP contribution >= 0.6 is 0 Å². The van der Waals surface area contributed by atoms with Gasteiger partial charge in [0, 0.05) is 31.0 Å². The number of anilines is 3. The van der Waals surface area contributed by atoms with Crippen molar-refractivity contribution >= 4 is 34.2 Å². The summed E-state index contributed by atoms with van der Waals surface area (Å²) in [4.78, 5) is 24.1. The van der Waals surface area contributed by atoms with Gasteiger partial charge in [-0.15, -0.1) is 0 Å². The standard InChI is InChI=1S/C25H25FN4O3S/c1-33-24(31)18-5-2-4-17(14-18)16-8-11-30(12-9-16)25-28-21-10-13-34(32)22(21)23(29-25)27-20-7-3-6-19(26)15-20/h2-7,14-16H,8-13H2,1H3,(H,27,28,29). The van der Waals surface area contributed by atoms with Gasteiger partial charge in [0.1, 0.15) is 10.7 Å². The number of esters is 1. The second kappa shape index (κ2) is 9.50. The van der Waals surface area contributed by atoms with Crippen molar-refractivity contribution in [2.24, 2.45) is 0 Å². The summed E-state index contributed by atoms with van der Waals surface area (Å²) in [5.41, 5.74) is 3.03. The van der Waals surface area contributed by atoms with Crippen LogP contribution < -0.4 is 10.2 Å². The molecule has 2 aliphatic heterocycles. The molecule has 1 unspecified atom stereocenters. The van der Waals surface area contributed by atoms with Crippen molar-refractivity contribution in [2.45, 2.75) is 30.1 Å². The Morgan fingerprint density at radius 3 is 2.71 bits per heavy atom. The van der Waals surface area contributed by atoms with Crippen LogP contribution in [0.25, 0.3) is 0 Å². The van der Waals surface area contributed by atoms with Crippen molar-refractivity contribution in [3.8, 4) is 0 Å². The molecule has 3 aromatic rings. The number of halogens is 1. The zero-order valence-corrected chi connectivity index (χ0v) is 19.6. The number of ether oxygens (including phenoxy) is 1. The van der Waals surface area contributed by atoms with Gasteiger partial charge in [0.2, 0.25) is 5.95 Å². The summed E-state index contributed by atoms with van der Waals surface area (Å²) in [6.45, 7) is 1.52. The summed E-state index contributed by atoms with van der Waals surface area (Å²) >= 11 is 0. The fourth-order valence-corrected chi connectivity index (χ4v) is 5.87. The van der Waals surface area contributed by atoms with Gasteiger partial charge < -0.3 is 15.0 Å². The number of hydrogen-bond donors (Lipinski definition) is 1. The molecule has 0 amide bonds. The lowest BCUT2D eigenvalue weighted by Gasteiger charge is -2.32. The van der Waals surface area contributed by atoms with Gasteiger partial charge >= 0.3 is 5.97 Å². The van der Waals surface area contributed by atoms with Gasteiger partial charge in [0.25, 0.3) is 0 Å². The summed E-state index contributed by atoms with van der Waals surface area (Å²) in [6.07, 6.45) is 2.42. The predicted octanol–water partition coefficient (Wildman–Crippen LogP) is 4.19. The van der Waals surface area contributed by atoms with Crippen molar-refractivity contribution < 1.29 is 18.1 Å². The van der Waals surface area contributed by atoms with Gasteiger partial charge in [0.05, 0.1) is 29.2 Å². The van der Waals surface area contributed by atoms with E-state index in [0.29, 0.717) is 46.0 Å². The van der Waals surface area contributed by atoms with E-state index in [9.17, 15) is 13.4 Å². The van der Waals surface area contributed by atoms with Gasteiger partial charge in [-0.05, 0) is 54.7 Å². The lowest BCUT2D eigenvalue weighted by Crippen LogP contribution is -2.34. The van der Waals surface area contributed by atoms with E-state index in [1.807, 2.05) is 12.1 Å². The predicted molar refractivity (Wildman–Crippen MR) is 129 cm³/mol. The van der Waals surface area contributed by atoms with E-state index in [1.165, 1.54) is 19.2 Å². The Labute approximate surface area is 199 Å². The molecule has 0 aliphatic carbocycles. The minimum Gasteiger partial charge on any atom is -0.465 e. The summed E-state index contributed by atoms with van der Waals surface area (Å²) in [5.74, 6) is 1.24. The molecule has 1 saturated heterocycles. The number of piperidine rings is 1. The topological polar surface area (TPSA) is 84.4 Å². The van der Waals surface area contributed by atoms with Gasteiger partial charge in [-0.3, -0.25) is 4.21 Å².